The van der Waals surface area contributed by atoms with Crippen LogP contribution in [-0.4, -0.2) is 35.0 Å². The fourth-order valence-corrected chi connectivity index (χ4v) is 3.55. The van der Waals surface area contributed by atoms with E-state index in [1.54, 1.807) is 0 Å². The van der Waals surface area contributed by atoms with Crippen molar-refractivity contribution in [3.05, 3.63) is 40.2 Å². The predicted octanol–water partition coefficient (Wildman–Crippen LogP) is 4.06. The van der Waals surface area contributed by atoms with Gasteiger partial charge in [0, 0.05) is 24.1 Å². The number of alkyl halides is 3. The lowest BCUT2D eigenvalue weighted by molar-refractivity contribution is -0.136. The molecule has 0 atom stereocenters. The molecule has 0 radical (unpaired) electrons. The van der Waals surface area contributed by atoms with Crippen molar-refractivity contribution in [3.63, 3.8) is 0 Å². The lowest BCUT2D eigenvalue weighted by Gasteiger charge is -2.12. The molecule has 1 aliphatic rings. The van der Waals surface area contributed by atoms with Gasteiger partial charge in [0.1, 0.15) is 11.3 Å². The number of carbonyl (C=O) groups is 2. The van der Waals surface area contributed by atoms with E-state index in [1.165, 1.54) is 23.1 Å². The number of unbranched alkanes of at least 4 members (excludes halogenated alkanes) is 2. The quantitative estimate of drug-likeness (QED) is 0.502. The Bertz CT molecular complexity index is 940. The highest BCUT2D eigenvalue weighted by Gasteiger charge is 2.34. The SMILES string of the molecule is O=C1CSC(=O)N1CCCCCOc1ccc2c(C(F)(F)F)cc(=O)oc2c1. The van der Waals surface area contributed by atoms with Crippen LogP contribution in [0.5, 0.6) is 5.75 Å². The van der Waals surface area contributed by atoms with Crippen LogP contribution in [0.2, 0.25) is 0 Å². The van der Waals surface area contributed by atoms with Crippen LogP contribution in [0.3, 0.4) is 0 Å². The van der Waals surface area contributed by atoms with Crippen molar-refractivity contribution >= 4 is 33.9 Å². The van der Waals surface area contributed by atoms with Gasteiger partial charge in [0.2, 0.25) is 5.91 Å². The zero-order valence-corrected chi connectivity index (χ0v) is 15.4. The predicted molar refractivity (Wildman–Crippen MR) is 96.4 cm³/mol. The van der Waals surface area contributed by atoms with Crippen LogP contribution >= 0.6 is 11.8 Å². The molecule has 150 valence electrons. The highest BCUT2D eigenvalue weighted by atomic mass is 32.2. The van der Waals surface area contributed by atoms with E-state index in [2.05, 4.69) is 0 Å². The maximum Gasteiger partial charge on any atom is 0.417 e. The van der Waals surface area contributed by atoms with E-state index < -0.39 is 17.4 Å². The summed E-state index contributed by atoms with van der Waals surface area (Å²) in [6, 6.07) is 4.27. The molecule has 0 N–H and O–H groups in total. The fraction of sp³-hybridized carbons (Fsp3) is 0.389. The van der Waals surface area contributed by atoms with Gasteiger partial charge in [0.05, 0.1) is 17.9 Å². The monoisotopic (exact) mass is 415 g/mol. The van der Waals surface area contributed by atoms with E-state index in [1.807, 2.05) is 0 Å². The van der Waals surface area contributed by atoms with Gasteiger partial charge < -0.3 is 9.15 Å². The van der Waals surface area contributed by atoms with E-state index in [0.717, 1.165) is 11.8 Å². The molecule has 1 aromatic carbocycles. The van der Waals surface area contributed by atoms with Crippen molar-refractivity contribution in [2.24, 2.45) is 0 Å². The first-order valence-electron chi connectivity index (χ1n) is 8.51. The van der Waals surface area contributed by atoms with E-state index >= 15 is 0 Å². The number of ether oxygens (including phenoxy) is 1. The molecule has 3 rings (SSSR count). The number of carbonyl (C=O) groups excluding carboxylic acids is 2. The summed E-state index contributed by atoms with van der Waals surface area (Å²) in [5, 5.41) is -0.436. The maximum absolute atomic E-state index is 13.0. The van der Waals surface area contributed by atoms with Crippen molar-refractivity contribution in [1.29, 1.82) is 0 Å². The van der Waals surface area contributed by atoms with Gasteiger partial charge in [-0.2, -0.15) is 13.2 Å². The third-order valence-electron chi connectivity index (χ3n) is 4.16. The molecule has 0 spiro atoms. The summed E-state index contributed by atoms with van der Waals surface area (Å²) in [5.74, 6) is 0.300. The lowest BCUT2D eigenvalue weighted by Crippen LogP contribution is -2.29. The number of thioether (sulfide) groups is 1. The number of nitrogens with zero attached hydrogens (tertiary/aromatic N) is 1. The first kappa shape index (κ1) is 20.2. The lowest BCUT2D eigenvalue weighted by atomic mass is 10.1. The Kier molecular flexibility index (Phi) is 5.97. The number of rotatable bonds is 7. The molecule has 0 saturated carbocycles. The van der Waals surface area contributed by atoms with Crippen molar-refractivity contribution in [2.75, 3.05) is 18.9 Å². The van der Waals surface area contributed by atoms with Crippen LogP contribution in [0.4, 0.5) is 18.0 Å². The van der Waals surface area contributed by atoms with E-state index in [4.69, 9.17) is 9.15 Å². The number of hydrogen-bond acceptors (Lipinski definition) is 6. The molecule has 0 unspecified atom stereocenters. The van der Waals surface area contributed by atoms with Gasteiger partial charge in [-0.1, -0.05) is 11.8 Å². The number of fused-ring (bicyclic) bond motifs is 1. The first-order valence-corrected chi connectivity index (χ1v) is 9.49. The zero-order chi connectivity index (χ0) is 20.3. The summed E-state index contributed by atoms with van der Waals surface area (Å²) >= 11 is 0.995. The van der Waals surface area contributed by atoms with Gasteiger partial charge in [0.25, 0.3) is 5.24 Å². The normalized spacial score (nSPS) is 14.9. The second kappa shape index (κ2) is 8.26. The average Bonchev–Trinajstić information content (AvgIpc) is 2.94. The number of halogens is 3. The summed E-state index contributed by atoms with van der Waals surface area (Å²) in [6.45, 7) is 0.664. The molecule has 10 heteroatoms. The summed E-state index contributed by atoms with van der Waals surface area (Å²) in [5.41, 5.74) is -2.32. The smallest absolute Gasteiger partial charge is 0.417 e. The third kappa shape index (κ3) is 4.67. The zero-order valence-electron chi connectivity index (χ0n) is 14.6. The van der Waals surface area contributed by atoms with Gasteiger partial charge in [0.15, 0.2) is 0 Å². The highest BCUT2D eigenvalue weighted by molar-refractivity contribution is 8.14. The molecule has 6 nitrogen and oxygen atoms in total. The third-order valence-corrected chi connectivity index (χ3v) is 5.02. The van der Waals surface area contributed by atoms with Crippen molar-refractivity contribution in [2.45, 2.75) is 25.4 Å². The van der Waals surface area contributed by atoms with Crippen LogP contribution in [0.1, 0.15) is 24.8 Å². The van der Waals surface area contributed by atoms with E-state index in [0.29, 0.717) is 38.5 Å². The molecule has 1 saturated heterocycles. The molecule has 28 heavy (non-hydrogen) atoms. The van der Waals surface area contributed by atoms with Gasteiger partial charge in [-0.05, 0) is 31.4 Å². The van der Waals surface area contributed by atoms with Crippen LogP contribution in [0.15, 0.2) is 33.5 Å². The molecule has 2 amide bonds. The topological polar surface area (TPSA) is 76.8 Å². The highest BCUT2D eigenvalue weighted by Crippen LogP contribution is 2.34. The minimum Gasteiger partial charge on any atom is -0.493 e. The average molecular weight is 415 g/mol. The Hall–Kier alpha value is -2.49. The molecule has 0 aliphatic carbocycles. The summed E-state index contributed by atoms with van der Waals surface area (Å²) in [6.07, 6.45) is -2.67. The number of hydrogen-bond donors (Lipinski definition) is 0. The van der Waals surface area contributed by atoms with Gasteiger partial charge in [-0.3, -0.25) is 14.5 Å². The second-order valence-corrected chi connectivity index (χ2v) is 7.07. The molecular weight excluding hydrogens is 399 g/mol. The summed E-state index contributed by atoms with van der Waals surface area (Å²) in [7, 11) is 0. The molecule has 1 aliphatic heterocycles. The van der Waals surface area contributed by atoms with E-state index in [9.17, 15) is 27.6 Å². The Morgan fingerprint density at radius 1 is 1.11 bits per heavy atom. The molecule has 2 aromatic rings. The van der Waals surface area contributed by atoms with E-state index in [-0.39, 0.29) is 33.6 Å². The van der Waals surface area contributed by atoms with Gasteiger partial charge in [-0.15, -0.1) is 0 Å². The van der Waals surface area contributed by atoms with Crippen LogP contribution < -0.4 is 10.4 Å². The molecule has 2 heterocycles. The molecule has 1 aromatic heterocycles. The molecule has 1 fully saturated rings. The molecular formula is C18H16F3NO5S. The van der Waals surface area contributed by atoms with Crippen molar-refractivity contribution in [1.82, 2.24) is 4.90 Å². The van der Waals surface area contributed by atoms with Crippen molar-refractivity contribution in [3.8, 4) is 5.75 Å². The minimum atomic E-state index is -4.66. The van der Waals surface area contributed by atoms with Crippen LogP contribution in [0.25, 0.3) is 11.0 Å². The Morgan fingerprint density at radius 2 is 1.89 bits per heavy atom. The first-order chi connectivity index (χ1) is 13.3. The number of amides is 2. The fourth-order valence-electron chi connectivity index (χ4n) is 2.80. The summed E-state index contributed by atoms with van der Waals surface area (Å²) in [4.78, 5) is 35.5. The van der Waals surface area contributed by atoms with Crippen molar-refractivity contribution < 1.29 is 31.9 Å². The molecule has 0 bridgehead atoms. The van der Waals surface area contributed by atoms with Crippen LogP contribution in [0, 0.1) is 0 Å². The van der Waals surface area contributed by atoms with Crippen LogP contribution in [-0.2, 0) is 11.0 Å². The minimum absolute atomic E-state index is 0.179. The summed E-state index contributed by atoms with van der Waals surface area (Å²) < 4.78 is 49.4. The Balaban J connectivity index is 1.53. The largest absolute Gasteiger partial charge is 0.493 e. The second-order valence-electron chi connectivity index (χ2n) is 6.14. The maximum atomic E-state index is 13.0. The van der Waals surface area contributed by atoms with Gasteiger partial charge in [-0.25, -0.2) is 4.79 Å². The Labute approximate surface area is 161 Å². The van der Waals surface area contributed by atoms with Gasteiger partial charge >= 0.3 is 11.8 Å². The number of imide groups is 1. The number of benzene rings is 1. The standard InChI is InChI=1S/C18H16F3NO5S/c19-18(20,21)13-9-16(24)27-14-8-11(4-5-12(13)14)26-7-3-1-2-6-22-15(23)10-28-17(22)25/h4-5,8-9H,1-3,6-7,10H2. The Morgan fingerprint density at radius 3 is 2.57 bits per heavy atom.